The Morgan fingerprint density at radius 3 is 2.23 bits per heavy atom. The van der Waals surface area contributed by atoms with Crippen molar-refractivity contribution < 1.29 is 18.9 Å². The number of halogens is 2. The van der Waals surface area contributed by atoms with Gasteiger partial charge in [0.25, 0.3) is 17.7 Å². The van der Waals surface area contributed by atoms with Crippen molar-refractivity contribution in [1.82, 2.24) is 16.2 Å². The van der Waals surface area contributed by atoms with Crippen molar-refractivity contribution in [2.45, 2.75) is 0 Å². The smallest absolute Gasteiger partial charge is 0.293 e. The van der Waals surface area contributed by atoms with Crippen molar-refractivity contribution in [3.63, 3.8) is 0 Å². The summed E-state index contributed by atoms with van der Waals surface area (Å²) >= 11 is 12.1. The molecule has 3 amide bonds. The zero-order valence-electron chi connectivity index (χ0n) is 16.8. The lowest BCUT2D eigenvalue weighted by Gasteiger charge is -2.23. The Morgan fingerprint density at radius 2 is 1.63 bits per heavy atom. The Hall–Kier alpha value is -2.87. The maximum absolute atomic E-state index is 12.7. The monoisotopic (exact) mass is 449 g/mol. The molecule has 0 radical (unpaired) electrons. The predicted octanol–water partition coefficient (Wildman–Crippen LogP) is 2.62. The lowest BCUT2D eigenvalue weighted by atomic mass is 10.1. The highest BCUT2D eigenvalue weighted by Crippen LogP contribution is 2.23. The van der Waals surface area contributed by atoms with E-state index in [0.717, 1.165) is 0 Å². The van der Waals surface area contributed by atoms with Gasteiger partial charge in [-0.3, -0.25) is 25.2 Å². The Kier molecular flexibility index (Phi) is 8.00. The number of likely N-dealkylation sites (N-methyl/N-ethyl adjacent to an activating group) is 1. The molecular weight excluding hydrogens is 427 g/mol. The van der Waals surface area contributed by atoms with Gasteiger partial charge >= 0.3 is 0 Å². The van der Waals surface area contributed by atoms with Crippen molar-refractivity contribution in [2.75, 3.05) is 27.7 Å². The molecule has 0 aliphatic rings. The van der Waals surface area contributed by atoms with Gasteiger partial charge in [-0.1, -0.05) is 47.5 Å². The van der Waals surface area contributed by atoms with Crippen molar-refractivity contribution in [2.24, 2.45) is 0 Å². The van der Waals surface area contributed by atoms with E-state index in [2.05, 4.69) is 16.2 Å². The average molecular weight is 450 g/mol. The molecule has 2 aromatic rings. The molecule has 2 rings (SSSR count). The van der Waals surface area contributed by atoms with Crippen LogP contribution in [0.5, 0.6) is 0 Å². The summed E-state index contributed by atoms with van der Waals surface area (Å²) in [7, 11) is 5.53. The average Bonchev–Trinajstić information content (AvgIpc) is 2.66. The number of rotatable bonds is 6. The molecule has 2 aromatic carbocycles. The fourth-order valence-electron chi connectivity index (χ4n) is 2.38. The number of carbonyl (C=O) groups excluding carboxylic acids is 3. The SMILES string of the molecule is C[N+](C)(C)CC(=O)NNC(=O)/C(=C\c1ccc(Cl)cc1Cl)NC(=O)c1ccccc1. The molecule has 9 heteroatoms. The molecule has 0 saturated heterocycles. The van der Waals surface area contributed by atoms with Gasteiger partial charge < -0.3 is 9.80 Å². The molecule has 3 N–H and O–H groups in total. The first-order valence-electron chi connectivity index (χ1n) is 8.98. The van der Waals surface area contributed by atoms with Crippen LogP contribution in [-0.4, -0.2) is 49.9 Å². The normalized spacial score (nSPS) is 11.6. The molecule has 0 aliphatic carbocycles. The van der Waals surface area contributed by atoms with E-state index in [1.54, 1.807) is 42.5 Å². The Morgan fingerprint density at radius 1 is 0.967 bits per heavy atom. The van der Waals surface area contributed by atoms with Crippen LogP contribution in [0.2, 0.25) is 10.0 Å². The number of nitrogens with one attached hydrogen (secondary N) is 3. The number of carbonyl (C=O) groups is 3. The van der Waals surface area contributed by atoms with Crippen molar-refractivity contribution in [3.8, 4) is 0 Å². The standard InChI is InChI=1S/C21H22Cl2N4O3/c1-27(2,3)13-19(28)25-26-21(30)18(11-15-9-10-16(22)12-17(15)23)24-20(29)14-7-5-4-6-8-14/h4-12H,13H2,1-3H3,(H2-,24,25,26,28,29,30)/p+1/b18-11+. The lowest BCUT2D eigenvalue weighted by molar-refractivity contribution is -0.862. The fraction of sp³-hybridized carbons (Fsp3) is 0.190. The molecule has 0 aromatic heterocycles. The molecule has 0 spiro atoms. The second kappa shape index (κ2) is 10.2. The Bertz CT molecular complexity index is 970. The van der Waals surface area contributed by atoms with E-state index < -0.39 is 11.8 Å². The third kappa shape index (κ3) is 7.51. The number of hydrogen-bond acceptors (Lipinski definition) is 3. The topological polar surface area (TPSA) is 87.3 Å². The molecule has 30 heavy (non-hydrogen) atoms. The Labute approximate surface area is 185 Å². The van der Waals surface area contributed by atoms with Crippen LogP contribution in [-0.2, 0) is 9.59 Å². The summed E-state index contributed by atoms with van der Waals surface area (Å²) in [5.41, 5.74) is 5.39. The van der Waals surface area contributed by atoms with Crippen LogP contribution in [0.4, 0.5) is 0 Å². The summed E-state index contributed by atoms with van der Waals surface area (Å²) in [4.78, 5) is 37.2. The first kappa shape index (κ1) is 23.4. The van der Waals surface area contributed by atoms with Crippen molar-refractivity contribution in [3.05, 3.63) is 75.4 Å². The van der Waals surface area contributed by atoms with E-state index in [-0.39, 0.29) is 18.1 Å². The largest absolute Gasteiger partial charge is 0.323 e. The zero-order chi connectivity index (χ0) is 22.3. The van der Waals surface area contributed by atoms with Gasteiger partial charge in [-0.2, -0.15) is 0 Å². The van der Waals surface area contributed by atoms with Gasteiger partial charge in [0.1, 0.15) is 5.70 Å². The third-order valence-electron chi connectivity index (χ3n) is 3.72. The van der Waals surface area contributed by atoms with E-state index in [1.165, 1.54) is 12.1 Å². The molecule has 0 heterocycles. The highest BCUT2D eigenvalue weighted by Gasteiger charge is 2.18. The molecule has 0 fully saturated rings. The molecule has 0 bridgehead atoms. The number of benzene rings is 2. The van der Waals surface area contributed by atoms with E-state index in [1.807, 2.05) is 21.1 Å². The summed E-state index contributed by atoms with van der Waals surface area (Å²) in [6.07, 6.45) is 1.40. The number of nitrogens with zero attached hydrogens (tertiary/aromatic N) is 1. The quantitative estimate of drug-likeness (QED) is 0.359. The lowest BCUT2D eigenvalue weighted by Crippen LogP contribution is -2.51. The molecular formula is C21H23Cl2N4O3+. The van der Waals surface area contributed by atoms with Gasteiger partial charge in [0, 0.05) is 15.6 Å². The molecule has 0 unspecified atom stereocenters. The molecule has 7 nitrogen and oxygen atoms in total. The van der Waals surface area contributed by atoms with Crippen LogP contribution < -0.4 is 16.2 Å². The van der Waals surface area contributed by atoms with Crippen LogP contribution in [0.1, 0.15) is 15.9 Å². The second-order valence-corrected chi connectivity index (χ2v) is 8.34. The minimum Gasteiger partial charge on any atom is -0.323 e. The zero-order valence-corrected chi connectivity index (χ0v) is 18.3. The van der Waals surface area contributed by atoms with Gasteiger partial charge in [-0.15, -0.1) is 0 Å². The summed E-state index contributed by atoms with van der Waals surface area (Å²) in [5, 5.41) is 3.29. The maximum Gasteiger partial charge on any atom is 0.293 e. The molecule has 0 aliphatic heterocycles. The molecule has 0 atom stereocenters. The fourth-order valence-corrected chi connectivity index (χ4v) is 2.84. The van der Waals surface area contributed by atoms with Crippen LogP contribution in [0.15, 0.2) is 54.2 Å². The molecule has 0 saturated carbocycles. The first-order chi connectivity index (χ1) is 14.0. The van der Waals surface area contributed by atoms with Crippen LogP contribution in [0.25, 0.3) is 6.08 Å². The summed E-state index contributed by atoms with van der Waals surface area (Å²) in [5.74, 6) is -1.58. The summed E-state index contributed by atoms with van der Waals surface area (Å²) in [6.45, 7) is 0.152. The highest BCUT2D eigenvalue weighted by atomic mass is 35.5. The van der Waals surface area contributed by atoms with Gasteiger partial charge in [0.2, 0.25) is 0 Å². The first-order valence-corrected chi connectivity index (χ1v) is 9.73. The van der Waals surface area contributed by atoms with Gasteiger partial charge in [0.15, 0.2) is 6.54 Å². The van der Waals surface area contributed by atoms with Crippen LogP contribution >= 0.6 is 23.2 Å². The van der Waals surface area contributed by atoms with E-state index >= 15 is 0 Å². The summed E-state index contributed by atoms with van der Waals surface area (Å²) in [6, 6.07) is 13.2. The number of quaternary nitrogens is 1. The number of hydrazine groups is 1. The van der Waals surface area contributed by atoms with Gasteiger partial charge in [-0.05, 0) is 35.9 Å². The van der Waals surface area contributed by atoms with Crippen LogP contribution in [0, 0.1) is 0 Å². The van der Waals surface area contributed by atoms with Crippen molar-refractivity contribution in [1.29, 1.82) is 0 Å². The predicted molar refractivity (Wildman–Crippen MR) is 118 cm³/mol. The highest BCUT2D eigenvalue weighted by molar-refractivity contribution is 6.35. The summed E-state index contributed by atoms with van der Waals surface area (Å²) < 4.78 is 0.384. The number of amides is 3. The molecule has 158 valence electrons. The van der Waals surface area contributed by atoms with Crippen molar-refractivity contribution >= 4 is 47.0 Å². The third-order valence-corrected chi connectivity index (χ3v) is 4.29. The Balaban J connectivity index is 2.24. The maximum atomic E-state index is 12.7. The number of hydrogen-bond donors (Lipinski definition) is 3. The minimum atomic E-state index is -0.708. The minimum absolute atomic E-state index is 0.0985. The van der Waals surface area contributed by atoms with E-state index in [9.17, 15) is 14.4 Å². The second-order valence-electron chi connectivity index (χ2n) is 7.49. The van der Waals surface area contributed by atoms with E-state index in [4.69, 9.17) is 23.2 Å². The van der Waals surface area contributed by atoms with Crippen LogP contribution in [0.3, 0.4) is 0 Å². The van der Waals surface area contributed by atoms with E-state index in [0.29, 0.717) is 25.7 Å². The van der Waals surface area contributed by atoms with Gasteiger partial charge in [-0.25, -0.2) is 0 Å². The van der Waals surface area contributed by atoms with Gasteiger partial charge in [0.05, 0.1) is 21.1 Å².